The third kappa shape index (κ3) is 4.08. The maximum absolute atomic E-state index is 12.9. The summed E-state index contributed by atoms with van der Waals surface area (Å²) in [6.07, 6.45) is 1.56. The van der Waals surface area contributed by atoms with Gasteiger partial charge in [-0.3, -0.25) is 14.2 Å². The van der Waals surface area contributed by atoms with Gasteiger partial charge in [-0.2, -0.15) is 0 Å². The molecule has 2 aromatic carbocycles. The topological polar surface area (TPSA) is 90.0 Å². The fourth-order valence-electron chi connectivity index (χ4n) is 3.05. The average molecular weight is 388 g/mol. The summed E-state index contributed by atoms with van der Waals surface area (Å²) in [5.41, 5.74) is 3.34. The number of fused-ring (bicyclic) bond motifs is 1. The third-order valence-corrected chi connectivity index (χ3v) is 4.70. The van der Waals surface area contributed by atoms with Gasteiger partial charge in [0.25, 0.3) is 11.3 Å². The van der Waals surface area contributed by atoms with Gasteiger partial charge in [0.05, 0.1) is 0 Å². The van der Waals surface area contributed by atoms with Gasteiger partial charge < -0.3 is 9.84 Å². The first-order valence-corrected chi connectivity index (χ1v) is 9.34. The van der Waals surface area contributed by atoms with Crippen LogP contribution < -0.4 is 10.9 Å². The van der Waals surface area contributed by atoms with Gasteiger partial charge in [0.15, 0.2) is 0 Å². The number of carbonyl (C=O) groups excluding carboxylic acids is 1. The van der Waals surface area contributed by atoms with E-state index in [0.717, 1.165) is 11.1 Å². The second-order valence-electron chi connectivity index (χ2n) is 6.83. The Kier molecular flexibility index (Phi) is 5.20. The molecule has 0 saturated heterocycles. The van der Waals surface area contributed by atoms with Gasteiger partial charge in [0.1, 0.15) is 17.4 Å². The molecule has 0 unspecified atom stereocenters. The van der Waals surface area contributed by atoms with Gasteiger partial charge in [-0.25, -0.2) is 4.98 Å². The van der Waals surface area contributed by atoms with Gasteiger partial charge >= 0.3 is 0 Å². The van der Waals surface area contributed by atoms with E-state index < -0.39 is 0 Å². The summed E-state index contributed by atoms with van der Waals surface area (Å²) in [7, 11) is 0. The summed E-state index contributed by atoms with van der Waals surface area (Å²) in [6, 6.07) is 17.3. The van der Waals surface area contributed by atoms with E-state index in [1.165, 1.54) is 16.5 Å². The number of carbonyl (C=O) groups is 1. The SMILES string of the molecule is Cc1ccc(CNC(=O)CCn2cnc3onc(-c4ccccc4)c3c2=O)cc1. The van der Waals surface area contributed by atoms with Crippen LogP contribution in [-0.4, -0.2) is 20.6 Å². The van der Waals surface area contributed by atoms with Crippen molar-refractivity contribution >= 4 is 17.0 Å². The molecule has 0 aliphatic carbocycles. The predicted molar refractivity (Wildman–Crippen MR) is 109 cm³/mol. The molecule has 0 spiro atoms. The van der Waals surface area contributed by atoms with Crippen LogP contribution in [0.1, 0.15) is 17.5 Å². The summed E-state index contributed by atoms with van der Waals surface area (Å²) in [5, 5.41) is 7.19. The molecule has 0 fully saturated rings. The molecule has 4 aromatic rings. The molecule has 146 valence electrons. The van der Waals surface area contributed by atoms with E-state index >= 15 is 0 Å². The molecule has 0 aliphatic heterocycles. The van der Waals surface area contributed by atoms with E-state index in [2.05, 4.69) is 15.5 Å². The van der Waals surface area contributed by atoms with Crippen LogP contribution in [0.5, 0.6) is 0 Å². The van der Waals surface area contributed by atoms with Crippen molar-refractivity contribution in [1.82, 2.24) is 20.0 Å². The fraction of sp³-hybridized carbons (Fsp3) is 0.182. The molecule has 0 aliphatic rings. The smallest absolute Gasteiger partial charge is 0.266 e. The number of nitrogens with zero attached hydrogens (tertiary/aromatic N) is 3. The van der Waals surface area contributed by atoms with Crippen LogP contribution in [0.4, 0.5) is 0 Å². The second kappa shape index (κ2) is 8.10. The number of hydrogen-bond donors (Lipinski definition) is 1. The van der Waals surface area contributed by atoms with E-state index in [0.29, 0.717) is 17.6 Å². The highest BCUT2D eigenvalue weighted by molar-refractivity contribution is 5.88. The van der Waals surface area contributed by atoms with Crippen molar-refractivity contribution in [2.75, 3.05) is 0 Å². The molecular weight excluding hydrogens is 368 g/mol. The minimum absolute atomic E-state index is 0.133. The predicted octanol–water partition coefficient (Wildman–Crippen LogP) is 3.07. The second-order valence-corrected chi connectivity index (χ2v) is 6.83. The number of aromatic nitrogens is 3. The molecule has 0 radical (unpaired) electrons. The van der Waals surface area contributed by atoms with Crippen LogP contribution in [-0.2, 0) is 17.9 Å². The lowest BCUT2D eigenvalue weighted by molar-refractivity contribution is -0.121. The molecule has 1 N–H and O–H groups in total. The van der Waals surface area contributed by atoms with Gasteiger partial charge in [0, 0.05) is 25.1 Å². The largest absolute Gasteiger partial charge is 0.352 e. The molecule has 2 aromatic heterocycles. The van der Waals surface area contributed by atoms with Crippen LogP contribution in [0.3, 0.4) is 0 Å². The number of amides is 1. The number of nitrogens with one attached hydrogen (secondary N) is 1. The quantitative estimate of drug-likeness (QED) is 0.548. The third-order valence-electron chi connectivity index (χ3n) is 4.70. The Labute approximate surface area is 167 Å². The molecule has 1 amide bonds. The highest BCUT2D eigenvalue weighted by Crippen LogP contribution is 2.23. The number of aryl methyl sites for hydroxylation is 2. The lowest BCUT2D eigenvalue weighted by atomic mass is 10.1. The molecule has 2 heterocycles. The maximum atomic E-state index is 12.9. The van der Waals surface area contributed by atoms with Crippen molar-refractivity contribution in [3.63, 3.8) is 0 Å². The van der Waals surface area contributed by atoms with E-state index in [-0.39, 0.29) is 30.1 Å². The van der Waals surface area contributed by atoms with Crippen LogP contribution in [0.2, 0.25) is 0 Å². The first kappa shape index (κ1) is 18.6. The molecule has 7 nitrogen and oxygen atoms in total. The number of benzene rings is 2. The Hall–Kier alpha value is -3.74. The zero-order valence-electron chi connectivity index (χ0n) is 16.0. The molecule has 7 heteroatoms. The van der Waals surface area contributed by atoms with E-state index in [4.69, 9.17) is 4.52 Å². The summed E-state index contributed by atoms with van der Waals surface area (Å²) in [6.45, 7) is 2.69. The van der Waals surface area contributed by atoms with Crippen molar-refractivity contribution in [3.8, 4) is 11.3 Å². The van der Waals surface area contributed by atoms with Crippen molar-refractivity contribution < 1.29 is 9.32 Å². The molecule has 0 saturated carbocycles. The average Bonchev–Trinajstić information content (AvgIpc) is 3.18. The Morgan fingerprint density at radius 1 is 1.10 bits per heavy atom. The summed E-state index contributed by atoms with van der Waals surface area (Å²) >= 11 is 0. The monoisotopic (exact) mass is 388 g/mol. The van der Waals surface area contributed by atoms with E-state index in [9.17, 15) is 9.59 Å². The highest BCUT2D eigenvalue weighted by Gasteiger charge is 2.17. The first-order chi connectivity index (χ1) is 14.1. The summed E-state index contributed by atoms with van der Waals surface area (Å²) in [5.74, 6) is -0.133. The maximum Gasteiger partial charge on any atom is 0.266 e. The number of hydrogen-bond acceptors (Lipinski definition) is 5. The van der Waals surface area contributed by atoms with Crippen LogP contribution >= 0.6 is 0 Å². The summed E-state index contributed by atoms with van der Waals surface area (Å²) < 4.78 is 6.62. The van der Waals surface area contributed by atoms with Crippen molar-refractivity contribution in [2.45, 2.75) is 26.4 Å². The fourth-order valence-corrected chi connectivity index (χ4v) is 3.05. The Balaban J connectivity index is 1.47. The zero-order valence-corrected chi connectivity index (χ0v) is 16.0. The van der Waals surface area contributed by atoms with Crippen molar-refractivity contribution in [1.29, 1.82) is 0 Å². The zero-order chi connectivity index (χ0) is 20.2. The molecule has 0 atom stereocenters. The van der Waals surface area contributed by atoms with Crippen molar-refractivity contribution in [2.24, 2.45) is 0 Å². The normalized spacial score (nSPS) is 10.9. The molecular formula is C22H20N4O3. The van der Waals surface area contributed by atoms with Gasteiger partial charge in [-0.05, 0) is 12.5 Å². The van der Waals surface area contributed by atoms with Crippen LogP contribution in [0, 0.1) is 6.92 Å². The van der Waals surface area contributed by atoms with Crippen LogP contribution in [0.25, 0.3) is 22.4 Å². The highest BCUT2D eigenvalue weighted by atomic mass is 16.5. The Morgan fingerprint density at radius 2 is 1.86 bits per heavy atom. The first-order valence-electron chi connectivity index (χ1n) is 9.34. The van der Waals surface area contributed by atoms with Crippen LogP contribution in [0.15, 0.2) is 70.2 Å². The Morgan fingerprint density at radius 3 is 2.62 bits per heavy atom. The van der Waals surface area contributed by atoms with E-state index in [1.807, 2.05) is 61.5 Å². The lowest BCUT2D eigenvalue weighted by Gasteiger charge is -2.07. The van der Waals surface area contributed by atoms with Gasteiger partial charge in [0.2, 0.25) is 5.91 Å². The molecule has 0 bridgehead atoms. The molecule has 29 heavy (non-hydrogen) atoms. The van der Waals surface area contributed by atoms with E-state index in [1.54, 1.807) is 0 Å². The summed E-state index contributed by atoms with van der Waals surface area (Å²) in [4.78, 5) is 29.3. The van der Waals surface area contributed by atoms with Gasteiger partial charge in [-0.15, -0.1) is 0 Å². The minimum atomic E-state index is -0.276. The lowest BCUT2D eigenvalue weighted by Crippen LogP contribution is -2.27. The van der Waals surface area contributed by atoms with Crippen molar-refractivity contribution in [3.05, 3.63) is 82.4 Å². The van der Waals surface area contributed by atoms with Gasteiger partial charge in [-0.1, -0.05) is 65.3 Å². The number of rotatable bonds is 6. The Bertz CT molecular complexity index is 1190. The minimum Gasteiger partial charge on any atom is -0.352 e. The molecule has 4 rings (SSSR count). The standard InChI is InChI=1S/C22H20N4O3/c1-15-7-9-16(10-8-15)13-23-18(27)11-12-26-14-24-21-19(22(26)28)20(25-29-21)17-5-3-2-4-6-17/h2-10,14H,11-13H2,1H3,(H,23,27).